The highest BCUT2D eigenvalue weighted by molar-refractivity contribution is 5.35. The third-order valence-corrected chi connectivity index (χ3v) is 2.34. The third kappa shape index (κ3) is 4.17. The number of hydrogen-bond acceptors (Lipinski definition) is 2. The molecule has 0 N–H and O–H groups in total. The van der Waals surface area contributed by atoms with Gasteiger partial charge in [0.25, 0.3) is 0 Å². The van der Waals surface area contributed by atoms with Crippen LogP contribution in [0.15, 0.2) is 12.1 Å². The van der Waals surface area contributed by atoms with Crippen molar-refractivity contribution in [3.05, 3.63) is 23.8 Å². The van der Waals surface area contributed by atoms with Gasteiger partial charge in [0, 0.05) is 0 Å². The molecular weight excluding hydrogens is 238 g/mol. The van der Waals surface area contributed by atoms with E-state index in [2.05, 4.69) is 0 Å². The van der Waals surface area contributed by atoms with Crippen LogP contribution in [0.5, 0.6) is 11.5 Å². The maximum absolute atomic E-state index is 13.6. The van der Waals surface area contributed by atoms with E-state index in [0.29, 0.717) is 13.2 Å². The molecule has 0 aliphatic heterocycles. The van der Waals surface area contributed by atoms with Crippen LogP contribution in [0.4, 0.5) is 8.78 Å². The fourth-order valence-corrected chi connectivity index (χ4v) is 1.32. The van der Waals surface area contributed by atoms with Gasteiger partial charge in [0.1, 0.15) is 0 Å². The Morgan fingerprint density at radius 3 is 2.11 bits per heavy atom. The molecule has 0 aliphatic rings. The topological polar surface area (TPSA) is 18.5 Å². The summed E-state index contributed by atoms with van der Waals surface area (Å²) in [6, 6.07) is 2.81. The Labute approximate surface area is 107 Å². The van der Waals surface area contributed by atoms with Crippen LogP contribution >= 0.6 is 0 Å². The van der Waals surface area contributed by atoms with E-state index < -0.39 is 11.6 Å². The minimum absolute atomic E-state index is 0.0575. The molecule has 0 unspecified atom stereocenters. The highest BCUT2D eigenvalue weighted by Crippen LogP contribution is 2.28. The average Bonchev–Trinajstić information content (AvgIpc) is 2.33. The SMILES string of the molecule is CCCCOc1ccc(OCC(C)C)c(F)c1F. The molecule has 0 heterocycles. The second-order valence-corrected chi connectivity index (χ2v) is 4.60. The van der Waals surface area contributed by atoms with Crippen molar-refractivity contribution in [3.63, 3.8) is 0 Å². The molecule has 0 saturated heterocycles. The highest BCUT2D eigenvalue weighted by Gasteiger charge is 2.15. The number of benzene rings is 1. The average molecular weight is 258 g/mol. The van der Waals surface area contributed by atoms with Crippen LogP contribution in [0.3, 0.4) is 0 Å². The van der Waals surface area contributed by atoms with Gasteiger partial charge in [-0.3, -0.25) is 0 Å². The van der Waals surface area contributed by atoms with Gasteiger partial charge in [-0.25, -0.2) is 0 Å². The van der Waals surface area contributed by atoms with Crippen LogP contribution in [0.1, 0.15) is 33.6 Å². The lowest BCUT2D eigenvalue weighted by molar-refractivity contribution is 0.248. The number of hydrogen-bond donors (Lipinski definition) is 0. The zero-order valence-electron chi connectivity index (χ0n) is 11.1. The molecule has 0 radical (unpaired) electrons. The Morgan fingerprint density at radius 2 is 1.61 bits per heavy atom. The van der Waals surface area contributed by atoms with E-state index >= 15 is 0 Å². The van der Waals surface area contributed by atoms with Crippen LogP contribution in [0.25, 0.3) is 0 Å². The molecular formula is C14H20F2O2. The summed E-state index contributed by atoms with van der Waals surface area (Å²) in [5, 5.41) is 0. The van der Waals surface area contributed by atoms with Gasteiger partial charge in [-0.1, -0.05) is 27.2 Å². The molecule has 0 amide bonds. The highest BCUT2D eigenvalue weighted by atomic mass is 19.2. The molecule has 4 heteroatoms. The lowest BCUT2D eigenvalue weighted by Gasteiger charge is -2.12. The van der Waals surface area contributed by atoms with Crippen molar-refractivity contribution in [1.29, 1.82) is 0 Å². The van der Waals surface area contributed by atoms with Gasteiger partial charge in [0.15, 0.2) is 11.5 Å². The van der Waals surface area contributed by atoms with E-state index in [1.807, 2.05) is 20.8 Å². The van der Waals surface area contributed by atoms with Crippen LogP contribution < -0.4 is 9.47 Å². The zero-order chi connectivity index (χ0) is 13.5. The fourth-order valence-electron chi connectivity index (χ4n) is 1.32. The minimum Gasteiger partial charge on any atom is -0.490 e. The Hall–Kier alpha value is -1.32. The third-order valence-electron chi connectivity index (χ3n) is 2.34. The fraction of sp³-hybridized carbons (Fsp3) is 0.571. The molecule has 1 aromatic carbocycles. The molecule has 0 saturated carbocycles. The van der Waals surface area contributed by atoms with Gasteiger partial charge in [0.05, 0.1) is 13.2 Å². The quantitative estimate of drug-likeness (QED) is 0.683. The molecule has 0 atom stereocenters. The van der Waals surface area contributed by atoms with E-state index in [-0.39, 0.29) is 17.4 Å². The second-order valence-electron chi connectivity index (χ2n) is 4.60. The molecule has 1 aromatic rings. The van der Waals surface area contributed by atoms with E-state index in [1.54, 1.807) is 0 Å². The smallest absolute Gasteiger partial charge is 0.204 e. The summed E-state index contributed by atoms with van der Waals surface area (Å²) in [6.45, 7) is 6.63. The summed E-state index contributed by atoms with van der Waals surface area (Å²) in [6.07, 6.45) is 1.76. The van der Waals surface area contributed by atoms with Crippen LogP contribution in [-0.2, 0) is 0 Å². The summed E-state index contributed by atoms with van der Waals surface area (Å²) >= 11 is 0. The van der Waals surface area contributed by atoms with Crippen molar-refractivity contribution in [3.8, 4) is 11.5 Å². The van der Waals surface area contributed by atoms with Crippen LogP contribution in [-0.4, -0.2) is 13.2 Å². The van der Waals surface area contributed by atoms with E-state index in [0.717, 1.165) is 12.8 Å². The van der Waals surface area contributed by atoms with Gasteiger partial charge >= 0.3 is 0 Å². The largest absolute Gasteiger partial charge is 0.490 e. The van der Waals surface area contributed by atoms with Crippen molar-refractivity contribution in [2.45, 2.75) is 33.6 Å². The first-order chi connectivity index (χ1) is 8.56. The van der Waals surface area contributed by atoms with Crippen molar-refractivity contribution in [1.82, 2.24) is 0 Å². The zero-order valence-corrected chi connectivity index (χ0v) is 11.1. The maximum atomic E-state index is 13.6. The molecule has 0 aromatic heterocycles. The molecule has 0 spiro atoms. The Kier molecular flexibility index (Phi) is 5.89. The van der Waals surface area contributed by atoms with Crippen LogP contribution in [0.2, 0.25) is 0 Å². The summed E-state index contributed by atoms with van der Waals surface area (Å²) in [7, 11) is 0. The Morgan fingerprint density at radius 1 is 1.06 bits per heavy atom. The van der Waals surface area contributed by atoms with Crippen molar-refractivity contribution in [2.75, 3.05) is 13.2 Å². The number of ether oxygens (including phenoxy) is 2. The maximum Gasteiger partial charge on any atom is 0.204 e. The van der Waals surface area contributed by atoms with Crippen molar-refractivity contribution < 1.29 is 18.3 Å². The van der Waals surface area contributed by atoms with E-state index in [9.17, 15) is 8.78 Å². The standard InChI is InChI=1S/C14H20F2O2/c1-4-5-8-17-11-6-7-12(14(16)13(11)15)18-9-10(2)3/h6-7,10H,4-5,8-9H2,1-3H3. The Bertz CT molecular complexity index is 378. The molecule has 102 valence electrons. The first kappa shape index (κ1) is 14.7. The van der Waals surface area contributed by atoms with Crippen molar-refractivity contribution >= 4 is 0 Å². The van der Waals surface area contributed by atoms with Gasteiger partial charge in [-0.2, -0.15) is 8.78 Å². The summed E-state index contributed by atoms with van der Waals surface area (Å²) < 4.78 is 37.6. The number of rotatable bonds is 7. The molecule has 1 rings (SSSR count). The monoisotopic (exact) mass is 258 g/mol. The summed E-state index contributed by atoms with van der Waals surface area (Å²) in [4.78, 5) is 0. The lowest BCUT2D eigenvalue weighted by Crippen LogP contribution is -2.07. The van der Waals surface area contributed by atoms with Gasteiger partial charge in [-0.05, 0) is 24.5 Å². The molecule has 0 bridgehead atoms. The molecule has 18 heavy (non-hydrogen) atoms. The van der Waals surface area contributed by atoms with E-state index in [1.165, 1.54) is 12.1 Å². The normalized spacial score (nSPS) is 10.8. The summed E-state index contributed by atoms with van der Waals surface area (Å²) in [5.41, 5.74) is 0. The molecule has 2 nitrogen and oxygen atoms in total. The van der Waals surface area contributed by atoms with Crippen LogP contribution in [0, 0.1) is 17.6 Å². The van der Waals surface area contributed by atoms with Gasteiger partial charge < -0.3 is 9.47 Å². The lowest BCUT2D eigenvalue weighted by atomic mass is 10.2. The minimum atomic E-state index is -0.982. The van der Waals surface area contributed by atoms with Gasteiger partial charge in [-0.15, -0.1) is 0 Å². The Balaban J connectivity index is 2.71. The number of unbranched alkanes of at least 4 members (excludes halogenated alkanes) is 1. The van der Waals surface area contributed by atoms with Crippen molar-refractivity contribution in [2.24, 2.45) is 5.92 Å². The molecule has 0 aliphatic carbocycles. The first-order valence-corrected chi connectivity index (χ1v) is 6.29. The predicted octanol–water partition coefficient (Wildman–Crippen LogP) is 4.18. The number of halogens is 2. The summed E-state index contributed by atoms with van der Waals surface area (Å²) in [5.74, 6) is -1.83. The first-order valence-electron chi connectivity index (χ1n) is 6.29. The van der Waals surface area contributed by atoms with E-state index in [4.69, 9.17) is 9.47 Å². The van der Waals surface area contributed by atoms with Gasteiger partial charge in [0.2, 0.25) is 11.6 Å². The second kappa shape index (κ2) is 7.19. The molecule has 0 fully saturated rings. The predicted molar refractivity (Wildman–Crippen MR) is 67.1 cm³/mol.